The highest BCUT2D eigenvalue weighted by Crippen LogP contribution is 2.22. The van der Waals surface area contributed by atoms with Crippen molar-refractivity contribution in [2.24, 2.45) is 11.7 Å². The quantitative estimate of drug-likeness (QED) is 0.822. The van der Waals surface area contributed by atoms with Crippen molar-refractivity contribution in [3.63, 3.8) is 0 Å². The topological polar surface area (TPSA) is 38.0 Å². The van der Waals surface area contributed by atoms with E-state index in [1.807, 2.05) is 0 Å². The Balaban J connectivity index is 2.46. The van der Waals surface area contributed by atoms with Crippen molar-refractivity contribution in [3.8, 4) is 0 Å². The first-order valence-electron chi connectivity index (χ1n) is 6.43. The molecule has 0 aliphatic rings. The molecule has 0 fully saturated rings. The van der Waals surface area contributed by atoms with Crippen molar-refractivity contribution in [2.45, 2.75) is 39.7 Å². The number of nitrogens with one attached hydrogen (secondary N) is 1. The van der Waals surface area contributed by atoms with E-state index >= 15 is 0 Å². The summed E-state index contributed by atoms with van der Waals surface area (Å²) in [5.41, 5.74) is 8.54. The van der Waals surface area contributed by atoms with Gasteiger partial charge in [-0.05, 0) is 35.5 Å². The van der Waals surface area contributed by atoms with Gasteiger partial charge in [0.25, 0.3) is 0 Å². The molecule has 0 heterocycles. The fourth-order valence-corrected chi connectivity index (χ4v) is 1.67. The molecule has 1 atom stereocenters. The van der Waals surface area contributed by atoms with Crippen LogP contribution in [0.1, 0.15) is 38.8 Å². The van der Waals surface area contributed by atoms with Gasteiger partial charge in [-0.1, -0.05) is 52.0 Å². The Labute approximate surface area is 106 Å². The molecule has 0 aliphatic carbocycles. The van der Waals surface area contributed by atoms with Gasteiger partial charge in [-0.3, -0.25) is 0 Å². The second-order valence-electron chi connectivity index (χ2n) is 5.92. The SMILES string of the molecule is CC(CN)CNCc1ccc(C(C)(C)C)cc1. The number of hydrogen-bond donors (Lipinski definition) is 2. The van der Waals surface area contributed by atoms with Gasteiger partial charge in [-0.15, -0.1) is 0 Å². The molecule has 1 rings (SSSR count). The summed E-state index contributed by atoms with van der Waals surface area (Å²) in [7, 11) is 0. The first-order valence-corrected chi connectivity index (χ1v) is 6.43. The van der Waals surface area contributed by atoms with Crippen LogP contribution in [0, 0.1) is 5.92 Å². The van der Waals surface area contributed by atoms with Crippen LogP contribution < -0.4 is 11.1 Å². The molecule has 1 aromatic rings. The molecule has 3 N–H and O–H groups in total. The van der Waals surface area contributed by atoms with Gasteiger partial charge in [0.05, 0.1) is 0 Å². The van der Waals surface area contributed by atoms with Crippen LogP contribution in [-0.2, 0) is 12.0 Å². The summed E-state index contributed by atoms with van der Waals surface area (Å²) >= 11 is 0. The van der Waals surface area contributed by atoms with E-state index in [0.29, 0.717) is 5.92 Å². The lowest BCUT2D eigenvalue weighted by Crippen LogP contribution is -2.25. The second kappa shape index (κ2) is 6.18. The van der Waals surface area contributed by atoms with Crippen molar-refractivity contribution < 1.29 is 0 Å². The zero-order valence-electron chi connectivity index (χ0n) is 11.6. The van der Waals surface area contributed by atoms with E-state index in [-0.39, 0.29) is 5.41 Å². The lowest BCUT2D eigenvalue weighted by Gasteiger charge is -2.19. The lowest BCUT2D eigenvalue weighted by atomic mass is 9.87. The van der Waals surface area contributed by atoms with Crippen LogP contribution in [0.15, 0.2) is 24.3 Å². The Morgan fingerprint density at radius 2 is 1.76 bits per heavy atom. The summed E-state index contributed by atoms with van der Waals surface area (Å²) in [6, 6.07) is 8.87. The van der Waals surface area contributed by atoms with Crippen LogP contribution in [0.3, 0.4) is 0 Å². The molecule has 0 aliphatic heterocycles. The second-order valence-corrected chi connectivity index (χ2v) is 5.92. The number of rotatable bonds is 5. The molecule has 96 valence electrons. The first-order chi connectivity index (χ1) is 7.93. The Bertz CT molecular complexity index is 322. The zero-order valence-corrected chi connectivity index (χ0v) is 11.6. The largest absolute Gasteiger partial charge is 0.330 e. The fraction of sp³-hybridized carbons (Fsp3) is 0.600. The molecule has 2 heteroatoms. The van der Waals surface area contributed by atoms with Crippen molar-refractivity contribution in [1.29, 1.82) is 0 Å². The maximum Gasteiger partial charge on any atom is 0.0205 e. The monoisotopic (exact) mass is 234 g/mol. The third-order valence-corrected chi connectivity index (χ3v) is 3.04. The molecule has 0 spiro atoms. The third-order valence-electron chi connectivity index (χ3n) is 3.04. The first kappa shape index (κ1) is 14.2. The summed E-state index contributed by atoms with van der Waals surface area (Å²) in [6.07, 6.45) is 0. The number of hydrogen-bond acceptors (Lipinski definition) is 2. The van der Waals surface area contributed by atoms with Crippen LogP contribution in [0.2, 0.25) is 0 Å². The minimum atomic E-state index is 0.236. The molecule has 1 aromatic carbocycles. The van der Waals surface area contributed by atoms with Crippen LogP contribution in [0.4, 0.5) is 0 Å². The van der Waals surface area contributed by atoms with E-state index in [1.54, 1.807) is 0 Å². The maximum atomic E-state index is 5.58. The lowest BCUT2D eigenvalue weighted by molar-refractivity contribution is 0.522. The molecule has 0 amide bonds. The highest BCUT2D eigenvalue weighted by molar-refractivity contribution is 5.27. The molecule has 1 unspecified atom stereocenters. The molecule has 17 heavy (non-hydrogen) atoms. The van der Waals surface area contributed by atoms with Crippen molar-refractivity contribution in [1.82, 2.24) is 5.32 Å². The minimum Gasteiger partial charge on any atom is -0.330 e. The van der Waals surface area contributed by atoms with E-state index in [2.05, 4.69) is 57.3 Å². The summed E-state index contributed by atoms with van der Waals surface area (Å²) in [5.74, 6) is 0.545. The number of benzene rings is 1. The average molecular weight is 234 g/mol. The van der Waals surface area contributed by atoms with Gasteiger partial charge in [-0.25, -0.2) is 0 Å². The normalized spacial score (nSPS) is 13.7. The van der Waals surface area contributed by atoms with Crippen LogP contribution in [0.5, 0.6) is 0 Å². The van der Waals surface area contributed by atoms with Gasteiger partial charge in [0.1, 0.15) is 0 Å². The van der Waals surface area contributed by atoms with Crippen LogP contribution in [0.25, 0.3) is 0 Å². The van der Waals surface area contributed by atoms with Crippen LogP contribution in [-0.4, -0.2) is 13.1 Å². The predicted molar refractivity (Wildman–Crippen MR) is 75.1 cm³/mol. The molecule has 0 aromatic heterocycles. The summed E-state index contributed by atoms with van der Waals surface area (Å²) < 4.78 is 0. The Morgan fingerprint density at radius 1 is 1.18 bits per heavy atom. The van der Waals surface area contributed by atoms with E-state index in [9.17, 15) is 0 Å². The zero-order chi connectivity index (χ0) is 12.9. The van der Waals surface area contributed by atoms with E-state index in [4.69, 9.17) is 5.73 Å². The van der Waals surface area contributed by atoms with Gasteiger partial charge in [0, 0.05) is 6.54 Å². The number of nitrogens with two attached hydrogens (primary N) is 1. The van der Waals surface area contributed by atoms with Gasteiger partial charge in [0.15, 0.2) is 0 Å². The summed E-state index contributed by atoms with van der Waals surface area (Å²) in [6.45, 7) is 11.5. The van der Waals surface area contributed by atoms with Gasteiger partial charge in [0.2, 0.25) is 0 Å². The molecule has 0 saturated heterocycles. The highest BCUT2D eigenvalue weighted by Gasteiger charge is 2.12. The average Bonchev–Trinajstić information content (AvgIpc) is 2.28. The standard InChI is InChI=1S/C15H26N2/c1-12(9-16)10-17-11-13-5-7-14(8-6-13)15(2,3)4/h5-8,12,17H,9-11,16H2,1-4H3. The molecule has 0 radical (unpaired) electrons. The van der Waals surface area contributed by atoms with Gasteiger partial charge in [-0.2, -0.15) is 0 Å². The highest BCUT2D eigenvalue weighted by atomic mass is 14.9. The van der Waals surface area contributed by atoms with Crippen molar-refractivity contribution in [3.05, 3.63) is 35.4 Å². The van der Waals surface area contributed by atoms with Crippen LogP contribution >= 0.6 is 0 Å². The molecule has 0 bridgehead atoms. The van der Waals surface area contributed by atoms with Crippen molar-refractivity contribution in [2.75, 3.05) is 13.1 Å². The van der Waals surface area contributed by atoms with E-state index < -0.39 is 0 Å². The molecule has 2 nitrogen and oxygen atoms in total. The summed E-state index contributed by atoms with van der Waals surface area (Å²) in [5, 5.41) is 3.43. The predicted octanol–water partition coefficient (Wildman–Crippen LogP) is 2.67. The Hall–Kier alpha value is -0.860. The summed E-state index contributed by atoms with van der Waals surface area (Å²) in [4.78, 5) is 0. The smallest absolute Gasteiger partial charge is 0.0205 e. The maximum absolute atomic E-state index is 5.58. The van der Waals surface area contributed by atoms with E-state index in [0.717, 1.165) is 19.6 Å². The Morgan fingerprint density at radius 3 is 2.24 bits per heavy atom. The van der Waals surface area contributed by atoms with Crippen molar-refractivity contribution >= 4 is 0 Å². The molecule has 0 saturated carbocycles. The van der Waals surface area contributed by atoms with Gasteiger partial charge < -0.3 is 11.1 Å². The fourth-order valence-electron chi connectivity index (χ4n) is 1.67. The van der Waals surface area contributed by atoms with Gasteiger partial charge >= 0.3 is 0 Å². The van der Waals surface area contributed by atoms with E-state index in [1.165, 1.54) is 11.1 Å². The molecular formula is C15H26N2. The molecular weight excluding hydrogens is 208 g/mol. The Kier molecular flexibility index (Phi) is 5.16. The third kappa shape index (κ3) is 4.88. The minimum absolute atomic E-state index is 0.236.